The number of nitrogens with two attached hydrogens (primary N) is 1. The summed E-state index contributed by atoms with van der Waals surface area (Å²) in [4.78, 5) is 28.6. The van der Waals surface area contributed by atoms with Crippen molar-refractivity contribution in [1.29, 1.82) is 0 Å². The van der Waals surface area contributed by atoms with Crippen LogP contribution in [0.2, 0.25) is 5.02 Å². The minimum absolute atomic E-state index is 0.00422. The second kappa shape index (κ2) is 11.2. The molecule has 0 aliphatic carbocycles. The third-order valence-electron chi connectivity index (χ3n) is 4.91. The number of nitrogens with zero attached hydrogens (tertiary/aromatic N) is 4. The van der Waals surface area contributed by atoms with E-state index in [0.717, 1.165) is 5.69 Å². The summed E-state index contributed by atoms with van der Waals surface area (Å²) in [7, 11) is 1.58. The van der Waals surface area contributed by atoms with E-state index < -0.39 is 5.91 Å². The van der Waals surface area contributed by atoms with E-state index >= 15 is 0 Å². The molecule has 1 fully saturated rings. The highest BCUT2D eigenvalue weighted by atomic mass is 35.5. The van der Waals surface area contributed by atoms with Gasteiger partial charge < -0.3 is 14.5 Å². The number of hydrogen-bond acceptors (Lipinski definition) is 7. The molecule has 1 aliphatic rings. The Hall–Kier alpha value is -2.23. The topological polar surface area (TPSA) is 104 Å². The lowest BCUT2D eigenvalue weighted by Crippen LogP contribution is -2.55. The quantitative estimate of drug-likeness (QED) is 0.200. The molecule has 2 amide bonds. The van der Waals surface area contributed by atoms with E-state index in [9.17, 15) is 9.59 Å². The van der Waals surface area contributed by atoms with E-state index in [1.165, 1.54) is 5.01 Å². The number of hydrogen-bond donors (Lipinski definition) is 2. The van der Waals surface area contributed by atoms with Crippen LogP contribution in [-0.2, 0) is 9.59 Å². The minimum Gasteiger partial charge on any atom is -0.495 e. The van der Waals surface area contributed by atoms with Crippen LogP contribution in [0.1, 0.15) is 13.8 Å². The van der Waals surface area contributed by atoms with Gasteiger partial charge in [-0.15, -0.1) is 11.6 Å². The van der Waals surface area contributed by atoms with Crippen molar-refractivity contribution in [3.8, 4) is 5.75 Å². The second-order valence-corrected chi connectivity index (χ2v) is 7.51. The van der Waals surface area contributed by atoms with Crippen LogP contribution in [0.3, 0.4) is 0 Å². The molecule has 1 aliphatic heterocycles. The number of nitrogens with one attached hydrogen (secondary N) is 1. The van der Waals surface area contributed by atoms with Crippen molar-refractivity contribution in [3.63, 3.8) is 0 Å². The number of ether oxygens (including phenoxy) is 1. The van der Waals surface area contributed by atoms with Crippen molar-refractivity contribution in [1.82, 2.24) is 15.3 Å². The van der Waals surface area contributed by atoms with Crippen LogP contribution in [0.25, 0.3) is 0 Å². The molecule has 1 saturated heterocycles. The number of benzene rings is 1. The van der Waals surface area contributed by atoms with Crippen molar-refractivity contribution in [3.05, 3.63) is 23.2 Å². The fourth-order valence-corrected chi connectivity index (χ4v) is 3.63. The maximum absolute atomic E-state index is 12.9. The first kappa shape index (κ1) is 24.0. The molecule has 1 heterocycles. The molecule has 1 aromatic carbocycles. The van der Waals surface area contributed by atoms with Gasteiger partial charge in [-0.3, -0.25) is 20.0 Å². The summed E-state index contributed by atoms with van der Waals surface area (Å²) in [6.07, 6.45) is 0. The number of carbonyl (C=O) groups is 2. The summed E-state index contributed by atoms with van der Waals surface area (Å²) < 4.78 is 5.30. The van der Waals surface area contributed by atoms with Gasteiger partial charge >= 0.3 is 0 Å². The lowest BCUT2D eigenvalue weighted by atomic mass is 10.1. The molecule has 0 bridgehead atoms. The molecule has 166 valence electrons. The van der Waals surface area contributed by atoms with Gasteiger partial charge in [0.2, 0.25) is 5.91 Å². The monoisotopic (exact) mass is 458 g/mol. The number of carbonyl (C=O) groups excluding carboxylic acids is 2. The average molecular weight is 459 g/mol. The van der Waals surface area contributed by atoms with Crippen LogP contribution in [0, 0.1) is 0 Å². The molecule has 0 radical (unpaired) electrons. The first-order valence-electron chi connectivity index (χ1n) is 9.61. The summed E-state index contributed by atoms with van der Waals surface area (Å²) in [6.45, 7) is 6.27. The summed E-state index contributed by atoms with van der Waals surface area (Å²) in [6, 6.07) is 5.64. The maximum atomic E-state index is 12.9. The molecule has 1 unspecified atom stereocenters. The molecule has 3 N–H and O–H groups in total. The van der Waals surface area contributed by atoms with Crippen molar-refractivity contribution in [2.24, 2.45) is 10.9 Å². The van der Waals surface area contributed by atoms with Crippen LogP contribution in [0.5, 0.6) is 5.75 Å². The number of halogens is 2. The number of methoxy groups -OCH3 is 1. The number of anilines is 1. The number of alkyl halides is 1. The third-order valence-corrected chi connectivity index (χ3v) is 5.48. The third kappa shape index (κ3) is 5.90. The zero-order valence-electron chi connectivity index (χ0n) is 17.4. The summed E-state index contributed by atoms with van der Waals surface area (Å²) in [5.41, 5.74) is 3.06. The number of hydrazine groups is 1. The van der Waals surface area contributed by atoms with Crippen molar-refractivity contribution < 1.29 is 14.3 Å². The number of likely N-dealkylation sites (N-methyl/N-ethyl adjacent to an activating group) is 1. The van der Waals surface area contributed by atoms with Gasteiger partial charge in [-0.25, -0.2) is 5.84 Å². The lowest BCUT2D eigenvalue weighted by Gasteiger charge is -2.41. The van der Waals surface area contributed by atoms with E-state index in [0.29, 0.717) is 37.0 Å². The largest absolute Gasteiger partial charge is 0.495 e. The lowest BCUT2D eigenvalue weighted by molar-refractivity contribution is -0.134. The van der Waals surface area contributed by atoms with Crippen molar-refractivity contribution >= 4 is 46.4 Å². The molecule has 0 spiro atoms. The summed E-state index contributed by atoms with van der Waals surface area (Å²) >= 11 is 11.9. The van der Waals surface area contributed by atoms with E-state index in [1.807, 2.05) is 36.3 Å². The first-order chi connectivity index (χ1) is 14.3. The van der Waals surface area contributed by atoms with Crippen LogP contribution in [0.4, 0.5) is 5.69 Å². The molecule has 9 nitrogen and oxygen atoms in total. The van der Waals surface area contributed by atoms with Crippen LogP contribution in [-0.4, -0.2) is 79.2 Å². The molecule has 2 rings (SSSR count). The Balaban J connectivity index is 2.03. The van der Waals surface area contributed by atoms with Gasteiger partial charge in [-0.05, 0) is 26.0 Å². The van der Waals surface area contributed by atoms with E-state index in [4.69, 9.17) is 33.8 Å². The van der Waals surface area contributed by atoms with Gasteiger partial charge in [0.25, 0.3) is 5.91 Å². The van der Waals surface area contributed by atoms with Gasteiger partial charge in [-0.1, -0.05) is 11.6 Å². The SMILES string of the molecule is CCN(CC(=O)N1CCN(c2ccc(Cl)c(OC)c2)CC1C)/N=C(\CCl)C(=O)NN. The van der Waals surface area contributed by atoms with Gasteiger partial charge in [0.1, 0.15) is 18.0 Å². The Morgan fingerprint density at radius 1 is 1.40 bits per heavy atom. The zero-order valence-corrected chi connectivity index (χ0v) is 18.9. The Morgan fingerprint density at radius 2 is 2.13 bits per heavy atom. The average Bonchev–Trinajstić information content (AvgIpc) is 2.76. The molecular weight excluding hydrogens is 431 g/mol. The van der Waals surface area contributed by atoms with E-state index in [1.54, 1.807) is 13.2 Å². The molecule has 11 heteroatoms. The highest BCUT2D eigenvalue weighted by molar-refractivity contribution is 6.48. The smallest absolute Gasteiger partial charge is 0.282 e. The van der Waals surface area contributed by atoms with E-state index in [-0.39, 0.29) is 30.1 Å². The summed E-state index contributed by atoms with van der Waals surface area (Å²) in [5.74, 6) is 5.01. The van der Waals surface area contributed by atoms with Gasteiger partial charge in [-0.2, -0.15) is 5.10 Å². The van der Waals surface area contributed by atoms with E-state index in [2.05, 4.69) is 10.0 Å². The predicted octanol–water partition coefficient (Wildman–Crippen LogP) is 1.29. The standard InChI is InChI=1S/C19H28Cl2N6O3/c1-4-26(24-16(10-20)19(29)23-22)12-18(28)27-8-7-25(11-13(27)2)14-5-6-15(21)17(9-14)30-3/h5-6,9,13H,4,7-8,10-12,22H2,1-3H3,(H,23,29)/b24-16+. The first-order valence-corrected chi connectivity index (χ1v) is 10.5. The molecule has 0 aromatic heterocycles. The summed E-state index contributed by atoms with van der Waals surface area (Å²) in [5, 5.41) is 6.25. The number of amides is 2. The Bertz CT molecular complexity index is 792. The molecule has 1 atom stereocenters. The fourth-order valence-electron chi connectivity index (χ4n) is 3.26. The van der Waals surface area contributed by atoms with Crippen molar-refractivity contribution in [2.75, 3.05) is 50.6 Å². The van der Waals surface area contributed by atoms with Gasteiger partial charge in [0.05, 0.1) is 18.0 Å². The molecule has 0 saturated carbocycles. The number of rotatable bonds is 8. The van der Waals surface area contributed by atoms with Crippen molar-refractivity contribution in [2.45, 2.75) is 19.9 Å². The molecular formula is C19H28Cl2N6O3. The van der Waals surface area contributed by atoms with Crippen LogP contribution >= 0.6 is 23.2 Å². The highest BCUT2D eigenvalue weighted by Crippen LogP contribution is 2.30. The Morgan fingerprint density at radius 3 is 2.70 bits per heavy atom. The Labute approximate surface area is 186 Å². The van der Waals surface area contributed by atoms with Crippen LogP contribution in [0.15, 0.2) is 23.3 Å². The maximum Gasteiger partial charge on any atom is 0.282 e. The highest BCUT2D eigenvalue weighted by Gasteiger charge is 2.28. The van der Waals surface area contributed by atoms with Gasteiger partial charge in [0, 0.05) is 44.0 Å². The molecule has 1 aromatic rings. The minimum atomic E-state index is -0.573. The Kier molecular flexibility index (Phi) is 9.01. The van der Waals surface area contributed by atoms with Gasteiger partial charge in [0.15, 0.2) is 0 Å². The second-order valence-electron chi connectivity index (χ2n) is 6.84. The normalized spacial score (nSPS) is 17.0. The number of hydrazone groups is 1. The van der Waals surface area contributed by atoms with Crippen LogP contribution < -0.4 is 20.9 Å². The zero-order chi connectivity index (χ0) is 22.3. The molecule has 30 heavy (non-hydrogen) atoms. The number of piperazine rings is 1. The predicted molar refractivity (Wildman–Crippen MR) is 119 cm³/mol. The fraction of sp³-hybridized carbons (Fsp3) is 0.526.